The van der Waals surface area contributed by atoms with Gasteiger partial charge in [-0.1, -0.05) is 31.2 Å². The summed E-state index contributed by atoms with van der Waals surface area (Å²) in [6.07, 6.45) is 1.73. The molecule has 2 heteroatoms. The molecule has 1 aromatic carbocycles. The lowest BCUT2D eigenvalue weighted by molar-refractivity contribution is 0.193. The minimum atomic E-state index is -0.176. The lowest BCUT2D eigenvalue weighted by atomic mass is 9.97. The third-order valence-corrected chi connectivity index (χ3v) is 2.92. The first-order valence-electron chi connectivity index (χ1n) is 5.30. The maximum absolute atomic E-state index is 9.46. The Balaban J connectivity index is 2.22. The van der Waals surface area contributed by atoms with Crippen LogP contribution in [-0.2, 0) is 6.42 Å². The predicted octanol–water partition coefficient (Wildman–Crippen LogP) is 1.64. The molecule has 14 heavy (non-hydrogen) atoms. The molecule has 2 atom stereocenters. The second-order valence-electron chi connectivity index (χ2n) is 3.90. The van der Waals surface area contributed by atoms with Gasteiger partial charge in [-0.05, 0) is 24.0 Å². The topological polar surface area (TPSA) is 32.3 Å². The van der Waals surface area contributed by atoms with E-state index < -0.39 is 0 Å². The van der Waals surface area contributed by atoms with Gasteiger partial charge in [-0.3, -0.25) is 0 Å². The number of benzene rings is 1. The van der Waals surface area contributed by atoms with Crippen LogP contribution in [0.3, 0.4) is 0 Å². The molecule has 0 spiro atoms. The van der Waals surface area contributed by atoms with Crippen molar-refractivity contribution in [3.8, 4) is 0 Å². The van der Waals surface area contributed by atoms with E-state index in [4.69, 9.17) is 0 Å². The lowest BCUT2D eigenvalue weighted by Gasteiger charge is -2.14. The van der Waals surface area contributed by atoms with Crippen molar-refractivity contribution in [1.29, 1.82) is 0 Å². The van der Waals surface area contributed by atoms with Gasteiger partial charge in [0.2, 0.25) is 0 Å². The molecular formula is C12H17NO. The second kappa shape index (κ2) is 4.11. The Kier molecular flexibility index (Phi) is 2.85. The van der Waals surface area contributed by atoms with Gasteiger partial charge in [0.05, 0.1) is 6.10 Å². The van der Waals surface area contributed by atoms with Gasteiger partial charge in [0.25, 0.3) is 0 Å². The summed E-state index contributed by atoms with van der Waals surface area (Å²) in [5, 5.41) is 12.8. The van der Waals surface area contributed by atoms with Crippen molar-refractivity contribution in [2.24, 2.45) is 0 Å². The van der Waals surface area contributed by atoms with Crippen molar-refractivity contribution in [2.45, 2.75) is 31.9 Å². The van der Waals surface area contributed by atoms with E-state index in [2.05, 4.69) is 36.5 Å². The maximum Gasteiger partial charge on any atom is 0.0682 e. The van der Waals surface area contributed by atoms with Crippen LogP contribution in [-0.4, -0.2) is 17.8 Å². The van der Waals surface area contributed by atoms with Crippen LogP contribution in [0.5, 0.6) is 0 Å². The van der Waals surface area contributed by atoms with Crippen molar-refractivity contribution in [3.63, 3.8) is 0 Å². The van der Waals surface area contributed by atoms with Gasteiger partial charge in [-0.25, -0.2) is 0 Å². The Labute approximate surface area is 85.0 Å². The first kappa shape index (κ1) is 9.69. The van der Waals surface area contributed by atoms with E-state index in [9.17, 15) is 5.11 Å². The molecule has 1 heterocycles. The minimum absolute atomic E-state index is 0.176. The number of β-amino-alcohol motifs (C(OH)–C–C–N with tert-alkyl or cyclic N) is 1. The molecule has 0 radical (unpaired) electrons. The molecule has 1 aromatic rings. The summed E-state index contributed by atoms with van der Waals surface area (Å²) >= 11 is 0. The zero-order valence-corrected chi connectivity index (χ0v) is 8.53. The van der Waals surface area contributed by atoms with E-state index in [0.29, 0.717) is 6.04 Å². The third-order valence-electron chi connectivity index (χ3n) is 2.92. The van der Waals surface area contributed by atoms with Crippen LogP contribution in [0.15, 0.2) is 24.3 Å². The van der Waals surface area contributed by atoms with Crippen LogP contribution in [0.4, 0.5) is 0 Å². The Morgan fingerprint density at radius 2 is 2.21 bits per heavy atom. The number of nitrogens with one attached hydrogen (secondary N) is 1. The zero-order chi connectivity index (χ0) is 9.97. The van der Waals surface area contributed by atoms with Crippen LogP contribution in [0.2, 0.25) is 0 Å². The molecular weight excluding hydrogens is 174 g/mol. The maximum atomic E-state index is 9.46. The summed E-state index contributed by atoms with van der Waals surface area (Å²) in [7, 11) is 0. The van der Waals surface area contributed by atoms with Crippen LogP contribution >= 0.6 is 0 Å². The average Bonchev–Trinajstić information content (AvgIpc) is 2.65. The fraction of sp³-hybridized carbons (Fsp3) is 0.500. The van der Waals surface area contributed by atoms with E-state index >= 15 is 0 Å². The van der Waals surface area contributed by atoms with E-state index in [-0.39, 0.29) is 6.10 Å². The molecule has 0 amide bonds. The summed E-state index contributed by atoms with van der Waals surface area (Å²) in [6, 6.07) is 8.83. The number of hydrogen-bond acceptors (Lipinski definition) is 2. The van der Waals surface area contributed by atoms with Crippen molar-refractivity contribution in [3.05, 3.63) is 35.4 Å². The number of aryl methyl sites for hydroxylation is 1. The van der Waals surface area contributed by atoms with Gasteiger partial charge in [-0.2, -0.15) is 0 Å². The van der Waals surface area contributed by atoms with E-state index in [0.717, 1.165) is 19.4 Å². The first-order valence-corrected chi connectivity index (χ1v) is 5.30. The molecule has 0 aliphatic carbocycles. The quantitative estimate of drug-likeness (QED) is 0.745. The summed E-state index contributed by atoms with van der Waals surface area (Å²) in [6.45, 7) is 2.90. The molecule has 1 aliphatic rings. The minimum Gasteiger partial charge on any atom is -0.392 e. The fourth-order valence-electron chi connectivity index (χ4n) is 2.15. The normalized spacial score (nSPS) is 26.7. The lowest BCUT2D eigenvalue weighted by Crippen LogP contribution is -2.15. The van der Waals surface area contributed by atoms with Gasteiger partial charge in [0.1, 0.15) is 0 Å². The van der Waals surface area contributed by atoms with Gasteiger partial charge < -0.3 is 10.4 Å². The Morgan fingerprint density at radius 1 is 1.43 bits per heavy atom. The number of aliphatic hydroxyl groups is 1. The van der Waals surface area contributed by atoms with E-state index in [1.165, 1.54) is 11.1 Å². The molecule has 76 valence electrons. The molecule has 2 nitrogen and oxygen atoms in total. The molecule has 0 bridgehead atoms. The van der Waals surface area contributed by atoms with Gasteiger partial charge in [0.15, 0.2) is 0 Å². The molecule has 0 saturated carbocycles. The van der Waals surface area contributed by atoms with Gasteiger partial charge >= 0.3 is 0 Å². The van der Waals surface area contributed by atoms with Crippen molar-refractivity contribution in [2.75, 3.05) is 6.54 Å². The highest BCUT2D eigenvalue weighted by atomic mass is 16.3. The smallest absolute Gasteiger partial charge is 0.0682 e. The monoisotopic (exact) mass is 191 g/mol. The molecule has 2 N–H and O–H groups in total. The predicted molar refractivity (Wildman–Crippen MR) is 57.2 cm³/mol. The third kappa shape index (κ3) is 1.81. The van der Waals surface area contributed by atoms with E-state index in [1.807, 2.05) is 0 Å². The first-order chi connectivity index (χ1) is 6.81. The molecule has 2 rings (SSSR count). The fourth-order valence-corrected chi connectivity index (χ4v) is 2.15. The van der Waals surface area contributed by atoms with Gasteiger partial charge in [-0.15, -0.1) is 0 Å². The van der Waals surface area contributed by atoms with Crippen molar-refractivity contribution >= 4 is 0 Å². The largest absolute Gasteiger partial charge is 0.392 e. The Bertz CT molecular complexity index is 311. The summed E-state index contributed by atoms with van der Waals surface area (Å²) in [5.74, 6) is 0. The Morgan fingerprint density at radius 3 is 2.86 bits per heavy atom. The van der Waals surface area contributed by atoms with Crippen LogP contribution in [0, 0.1) is 0 Å². The van der Waals surface area contributed by atoms with Crippen LogP contribution < -0.4 is 5.32 Å². The molecule has 1 aliphatic heterocycles. The zero-order valence-electron chi connectivity index (χ0n) is 8.53. The molecule has 1 saturated heterocycles. The van der Waals surface area contributed by atoms with Crippen molar-refractivity contribution in [1.82, 2.24) is 5.32 Å². The summed E-state index contributed by atoms with van der Waals surface area (Å²) < 4.78 is 0. The average molecular weight is 191 g/mol. The second-order valence-corrected chi connectivity index (χ2v) is 3.90. The molecule has 1 fully saturated rings. The highest BCUT2D eigenvalue weighted by molar-refractivity contribution is 5.30. The Hall–Kier alpha value is -0.860. The van der Waals surface area contributed by atoms with Crippen LogP contribution in [0.1, 0.15) is 30.5 Å². The van der Waals surface area contributed by atoms with Gasteiger partial charge in [0, 0.05) is 12.6 Å². The number of rotatable bonds is 2. The summed E-state index contributed by atoms with van der Waals surface area (Å²) in [4.78, 5) is 0. The SMILES string of the molecule is CCc1ccccc1C1CC(O)CN1. The van der Waals surface area contributed by atoms with Crippen molar-refractivity contribution < 1.29 is 5.11 Å². The van der Waals surface area contributed by atoms with Crippen LogP contribution in [0.25, 0.3) is 0 Å². The number of aliphatic hydroxyl groups excluding tert-OH is 1. The molecule has 0 aromatic heterocycles. The number of hydrogen-bond donors (Lipinski definition) is 2. The summed E-state index contributed by atoms with van der Waals surface area (Å²) in [5.41, 5.74) is 2.74. The highest BCUT2D eigenvalue weighted by Crippen LogP contribution is 2.26. The standard InChI is InChI=1S/C12H17NO/c1-2-9-5-3-4-6-11(9)12-7-10(14)8-13-12/h3-6,10,12-14H,2,7-8H2,1H3. The highest BCUT2D eigenvalue weighted by Gasteiger charge is 2.24. The molecule has 2 unspecified atom stereocenters. The van der Waals surface area contributed by atoms with E-state index in [1.54, 1.807) is 0 Å².